The van der Waals surface area contributed by atoms with Crippen LogP contribution in [-0.2, 0) is 6.42 Å². The summed E-state index contributed by atoms with van der Waals surface area (Å²) >= 11 is 0. The minimum Gasteiger partial charge on any atom is -0.337 e. The maximum atomic E-state index is 6.16. The third-order valence-electron chi connectivity index (χ3n) is 3.49. The predicted molar refractivity (Wildman–Crippen MR) is 81.6 cm³/mol. The molecule has 1 aromatic heterocycles. The zero-order valence-corrected chi connectivity index (χ0v) is 11.9. The average Bonchev–Trinajstić information content (AvgIpc) is 3.05. The highest BCUT2D eigenvalue weighted by atomic mass is 16.5. The second-order valence-corrected chi connectivity index (χ2v) is 4.90. The Morgan fingerprint density at radius 3 is 2.43 bits per heavy atom. The number of aryl methyl sites for hydroxylation is 1. The molecule has 1 heterocycles. The fourth-order valence-corrected chi connectivity index (χ4v) is 2.17. The lowest BCUT2D eigenvalue weighted by Crippen LogP contribution is -2.11. The molecule has 0 spiro atoms. The maximum Gasteiger partial charge on any atom is 0.248 e. The first-order chi connectivity index (χ1) is 10.3. The summed E-state index contributed by atoms with van der Waals surface area (Å²) in [5.41, 5.74) is 9.32. The summed E-state index contributed by atoms with van der Waals surface area (Å²) in [7, 11) is 0. The topological polar surface area (TPSA) is 64.9 Å². The second kappa shape index (κ2) is 5.89. The standard InChI is InChI=1S/C17H17N3O/c1-2-12-8-10-14(11-9-12)16-19-17(21-20-16)15(18)13-6-4-3-5-7-13/h3-11,15H,2,18H2,1H3. The summed E-state index contributed by atoms with van der Waals surface area (Å²) in [4.78, 5) is 4.41. The van der Waals surface area contributed by atoms with Crippen LogP contribution < -0.4 is 5.73 Å². The van der Waals surface area contributed by atoms with Crippen molar-refractivity contribution in [2.45, 2.75) is 19.4 Å². The van der Waals surface area contributed by atoms with Crippen LogP contribution in [0.3, 0.4) is 0 Å². The highest BCUT2D eigenvalue weighted by molar-refractivity contribution is 5.54. The quantitative estimate of drug-likeness (QED) is 0.795. The molecule has 2 aromatic carbocycles. The van der Waals surface area contributed by atoms with E-state index in [0.29, 0.717) is 11.7 Å². The molecule has 106 valence electrons. The van der Waals surface area contributed by atoms with Crippen molar-refractivity contribution in [3.8, 4) is 11.4 Å². The molecule has 0 radical (unpaired) electrons. The van der Waals surface area contributed by atoms with Gasteiger partial charge in [-0.2, -0.15) is 4.98 Å². The van der Waals surface area contributed by atoms with Crippen LogP contribution in [0.1, 0.15) is 30.0 Å². The fourth-order valence-electron chi connectivity index (χ4n) is 2.17. The van der Waals surface area contributed by atoms with Gasteiger partial charge in [0.2, 0.25) is 11.7 Å². The van der Waals surface area contributed by atoms with Crippen molar-refractivity contribution >= 4 is 0 Å². The maximum absolute atomic E-state index is 6.16. The first kappa shape index (κ1) is 13.5. The van der Waals surface area contributed by atoms with Crippen molar-refractivity contribution in [2.24, 2.45) is 5.73 Å². The van der Waals surface area contributed by atoms with E-state index in [-0.39, 0.29) is 0 Å². The first-order valence-electron chi connectivity index (χ1n) is 7.01. The average molecular weight is 279 g/mol. The molecule has 0 bridgehead atoms. The minimum atomic E-state index is -0.401. The predicted octanol–water partition coefficient (Wildman–Crippen LogP) is 3.35. The molecule has 4 heteroatoms. The largest absolute Gasteiger partial charge is 0.337 e. The molecule has 0 aliphatic carbocycles. The zero-order valence-electron chi connectivity index (χ0n) is 11.9. The Kier molecular flexibility index (Phi) is 3.79. The van der Waals surface area contributed by atoms with Gasteiger partial charge in [0.05, 0.1) is 0 Å². The number of nitrogens with two attached hydrogens (primary N) is 1. The van der Waals surface area contributed by atoms with E-state index >= 15 is 0 Å². The van der Waals surface area contributed by atoms with Crippen molar-refractivity contribution in [2.75, 3.05) is 0 Å². The van der Waals surface area contributed by atoms with E-state index < -0.39 is 6.04 Å². The van der Waals surface area contributed by atoms with Crippen LogP contribution in [0.4, 0.5) is 0 Å². The molecular weight excluding hydrogens is 262 g/mol. The van der Waals surface area contributed by atoms with Crippen molar-refractivity contribution in [1.29, 1.82) is 0 Å². The molecule has 3 aromatic rings. The van der Waals surface area contributed by atoms with E-state index in [1.54, 1.807) is 0 Å². The number of hydrogen-bond donors (Lipinski definition) is 1. The lowest BCUT2D eigenvalue weighted by atomic mass is 10.1. The normalized spacial score (nSPS) is 12.3. The molecule has 0 aliphatic rings. The van der Waals surface area contributed by atoms with Crippen molar-refractivity contribution in [1.82, 2.24) is 10.1 Å². The van der Waals surface area contributed by atoms with E-state index in [2.05, 4.69) is 29.2 Å². The Hall–Kier alpha value is -2.46. The molecule has 3 rings (SSSR count). The van der Waals surface area contributed by atoms with E-state index in [1.165, 1.54) is 5.56 Å². The van der Waals surface area contributed by atoms with Gasteiger partial charge in [0, 0.05) is 5.56 Å². The molecule has 0 aliphatic heterocycles. The van der Waals surface area contributed by atoms with Gasteiger partial charge in [0.1, 0.15) is 6.04 Å². The summed E-state index contributed by atoms with van der Waals surface area (Å²) in [6, 6.07) is 17.5. The van der Waals surface area contributed by atoms with Crippen LogP contribution >= 0.6 is 0 Å². The fraction of sp³-hybridized carbons (Fsp3) is 0.176. The van der Waals surface area contributed by atoms with E-state index in [4.69, 9.17) is 10.3 Å². The van der Waals surface area contributed by atoms with Crippen LogP contribution in [0.5, 0.6) is 0 Å². The number of aromatic nitrogens is 2. The van der Waals surface area contributed by atoms with E-state index in [1.807, 2.05) is 42.5 Å². The molecular formula is C17H17N3O. The number of benzene rings is 2. The lowest BCUT2D eigenvalue weighted by molar-refractivity contribution is 0.367. The summed E-state index contributed by atoms with van der Waals surface area (Å²) < 4.78 is 5.31. The van der Waals surface area contributed by atoms with Crippen LogP contribution in [-0.4, -0.2) is 10.1 Å². The minimum absolute atomic E-state index is 0.401. The first-order valence-corrected chi connectivity index (χ1v) is 7.01. The molecule has 0 fully saturated rings. The Labute approximate surface area is 123 Å². The van der Waals surface area contributed by atoms with Crippen molar-refractivity contribution in [3.05, 3.63) is 71.6 Å². The lowest BCUT2D eigenvalue weighted by Gasteiger charge is -2.05. The van der Waals surface area contributed by atoms with Crippen LogP contribution in [0.2, 0.25) is 0 Å². The van der Waals surface area contributed by atoms with E-state index in [0.717, 1.165) is 17.5 Å². The van der Waals surface area contributed by atoms with Crippen LogP contribution in [0, 0.1) is 0 Å². The molecule has 0 amide bonds. The van der Waals surface area contributed by atoms with Gasteiger partial charge in [-0.05, 0) is 17.5 Å². The molecule has 1 unspecified atom stereocenters. The van der Waals surface area contributed by atoms with Gasteiger partial charge in [-0.1, -0.05) is 66.7 Å². The van der Waals surface area contributed by atoms with Gasteiger partial charge in [-0.15, -0.1) is 0 Å². The number of hydrogen-bond acceptors (Lipinski definition) is 4. The van der Waals surface area contributed by atoms with Gasteiger partial charge in [-0.25, -0.2) is 0 Å². The Balaban J connectivity index is 1.85. The van der Waals surface area contributed by atoms with E-state index in [9.17, 15) is 0 Å². The summed E-state index contributed by atoms with van der Waals surface area (Å²) in [6.45, 7) is 2.13. The number of rotatable bonds is 4. The van der Waals surface area contributed by atoms with Gasteiger partial charge in [-0.3, -0.25) is 0 Å². The van der Waals surface area contributed by atoms with Gasteiger partial charge in [0.15, 0.2) is 0 Å². The van der Waals surface area contributed by atoms with Gasteiger partial charge >= 0.3 is 0 Å². The highest BCUT2D eigenvalue weighted by Crippen LogP contribution is 2.22. The second-order valence-electron chi connectivity index (χ2n) is 4.90. The Morgan fingerprint density at radius 2 is 1.76 bits per heavy atom. The van der Waals surface area contributed by atoms with Crippen molar-refractivity contribution in [3.63, 3.8) is 0 Å². The monoisotopic (exact) mass is 279 g/mol. The summed E-state index contributed by atoms with van der Waals surface area (Å²) in [5.74, 6) is 0.995. The SMILES string of the molecule is CCc1ccc(-c2noc(C(N)c3ccccc3)n2)cc1. The summed E-state index contributed by atoms with van der Waals surface area (Å²) in [5, 5.41) is 4.02. The Morgan fingerprint density at radius 1 is 1.05 bits per heavy atom. The highest BCUT2D eigenvalue weighted by Gasteiger charge is 2.17. The van der Waals surface area contributed by atoms with Crippen molar-refractivity contribution < 1.29 is 4.52 Å². The molecule has 0 saturated carbocycles. The van der Waals surface area contributed by atoms with Crippen LogP contribution in [0.15, 0.2) is 59.1 Å². The van der Waals surface area contributed by atoms with Crippen LogP contribution in [0.25, 0.3) is 11.4 Å². The molecule has 0 saturated heterocycles. The summed E-state index contributed by atoms with van der Waals surface area (Å²) in [6.07, 6.45) is 1.01. The van der Waals surface area contributed by atoms with Gasteiger partial charge in [0.25, 0.3) is 0 Å². The molecule has 4 nitrogen and oxygen atoms in total. The molecule has 1 atom stereocenters. The number of nitrogens with zero attached hydrogens (tertiary/aromatic N) is 2. The third kappa shape index (κ3) is 2.85. The molecule has 21 heavy (non-hydrogen) atoms. The smallest absolute Gasteiger partial charge is 0.248 e. The van der Waals surface area contributed by atoms with Gasteiger partial charge < -0.3 is 10.3 Å². The third-order valence-corrected chi connectivity index (χ3v) is 3.49. The molecule has 2 N–H and O–H groups in total. The zero-order chi connectivity index (χ0) is 14.7. The Bertz CT molecular complexity index is 704.